The predicted molar refractivity (Wildman–Crippen MR) is 73.5 cm³/mol. The summed E-state index contributed by atoms with van der Waals surface area (Å²) in [4.78, 5) is 12.3. The topological polar surface area (TPSA) is 70.6 Å². The minimum Gasteiger partial charge on any atom is -0.504 e. The van der Waals surface area contributed by atoms with E-state index in [1.807, 2.05) is 6.92 Å². The van der Waals surface area contributed by atoms with Crippen molar-refractivity contribution in [3.05, 3.63) is 18.2 Å². The molecule has 1 aromatic rings. The summed E-state index contributed by atoms with van der Waals surface area (Å²) >= 11 is 0. The summed E-state index contributed by atoms with van der Waals surface area (Å²) in [5, 5.41) is 15.8. The number of methoxy groups -OCH3 is 1. The molecule has 1 amide bonds. The van der Waals surface area contributed by atoms with Gasteiger partial charge >= 0.3 is 0 Å². The predicted octanol–water partition coefficient (Wildman–Crippen LogP) is 1.73. The molecule has 19 heavy (non-hydrogen) atoms. The Hall–Kier alpha value is -1.75. The van der Waals surface area contributed by atoms with Gasteiger partial charge in [-0.25, -0.2) is 0 Å². The van der Waals surface area contributed by atoms with Gasteiger partial charge in [-0.1, -0.05) is 6.92 Å². The van der Waals surface area contributed by atoms with Crippen LogP contribution >= 0.6 is 0 Å². The number of nitrogens with one attached hydrogen (secondary N) is 2. The Morgan fingerprint density at radius 2 is 2.11 bits per heavy atom. The number of rotatable bonds is 3. The number of hydrogen-bond donors (Lipinski definition) is 3. The maximum absolute atomic E-state index is 12.3. The largest absolute Gasteiger partial charge is 0.504 e. The van der Waals surface area contributed by atoms with E-state index in [1.165, 1.54) is 13.2 Å². The Kier molecular flexibility index (Phi) is 3.95. The van der Waals surface area contributed by atoms with Gasteiger partial charge in [0, 0.05) is 17.2 Å². The van der Waals surface area contributed by atoms with Crippen LogP contribution in [0.3, 0.4) is 0 Å². The standard InChI is InChI=1S/C14H20N2O3/c1-14(5-7-15-8-6-14)13(18)16-10-3-4-12(19-2)11(17)9-10/h3-4,9,15,17H,5-8H2,1-2H3,(H,16,18). The van der Waals surface area contributed by atoms with Crippen molar-refractivity contribution >= 4 is 11.6 Å². The van der Waals surface area contributed by atoms with Gasteiger partial charge in [0.15, 0.2) is 11.5 Å². The van der Waals surface area contributed by atoms with Gasteiger partial charge in [0.2, 0.25) is 5.91 Å². The van der Waals surface area contributed by atoms with Crippen LogP contribution in [0.15, 0.2) is 18.2 Å². The van der Waals surface area contributed by atoms with Crippen LogP contribution in [0.1, 0.15) is 19.8 Å². The van der Waals surface area contributed by atoms with Crippen LogP contribution in [0.25, 0.3) is 0 Å². The number of aromatic hydroxyl groups is 1. The van der Waals surface area contributed by atoms with E-state index >= 15 is 0 Å². The fourth-order valence-electron chi connectivity index (χ4n) is 2.26. The number of amides is 1. The molecule has 1 aromatic carbocycles. The van der Waals surface area contributed by atoms with E-state index in [0.29, 0.717) is 11.4 Å². The minimum absolute atomic E-state index is 0.00133. The lowest BCUT2D eigenvalue weighted by Gasteiger charge is -2.32. The zero-order chi connectivity index (χ0) is 13.9. The highest BCUT2D eigenvalue weighted by Crippen LogP contribution is 2.32. The highest BCUT2D eigenvalue weighted by molar-refractivity contribution is 5.95. The van der Waals surface area contributed by atoms with Crippen LogP contribution < -0.4 is 15.4 Å². The molecular weight excluding hydrogens is 244 g/mol. The summed E-state index contributed by atoms with van der Waals surface area (Å²) in [6.07, 6.45) is 1.64. The molecule has 0 radical (unpaired) electrons. The number of hydrogen-bond acceptors (Lipinski definition) is 4. The molecule has 0 aliphatic carbocycles. The van der Waals surface area contributed by atoms with Crippen LogP contribution in [-0.2, 0) is 4.79 Å². The Morgan fingerprint density at radius 3 is 2.68 bits per heavy atom. The molecule has 0 spiro atoms. The molecule has 1 aliphatic heterocycles. The molecule has 0 bridgehead atoms. The molecule has 104 valence electrons. The normalized spacial score (nSPS) is 17.8. The molecular formula is C14H20N2O3. The van der Waals surface area contributed by atoms with Crippen molar-refractivity contribution in [2.45, 2.75) is 19.8 Å². The van der Waals surface area contributed by atoms with Gasteiger partial charge in [0.05, 0.1) is 7.11 Å². The molecule has 2 rings (SSSR count). The molecule has 0 aromatic heterocycles. The van der Waals surface area contributed by atoms with Crippen LogP contribution in [-0.4, -0.2) is 31.2 Å². The van der Waals surface area contributed by atoms with Gasteiger partial charge in [-0.3, -0.25) is 4.79 Å². The first kappa shape index (κ1) is 13.7. The minimum atomic E-state index is -0.346. The third kappa shape index (κ3) is 2.98. The molecule has 3 N–H and O–H groups in total. The molecule has 1 aliphatic rings. The summed E-state index contributed by atoms with van der Waals surface area (Å²) in [5.41, 5.74) is 0.240. The second-order valence-corrected chi connectivity index (χ2v) is 5.15. The van der Waals surface area contributed by atoms with Gasteiger partial charge in [-0.2, -0.15) is 0 Å². The van der Waals surface area contributed by atoms with Crippen LogP contribution in [0.4, 0.5) is 5.69 Å². The number of phenolic OH excluding ortho intramolecular Hbond substituents is 1. The Morgan fingerprint density at radius 1 is 1.42 bits per heavy atom. The number of carbonyl (C=O) groups excluding carboxylic acids is 1. The molecule has 1 fully saturated rings. The molecule has 5 heteroatoms. The number of phenols is 1. The molecule has 0 atom stereocenters. The van der Waals surface area contributed by atoms with Crippen molar-refractivity contribution < 1.29 is 14.6 Å². The lowest BCUT2D eigenvalue weighted by Crippen LogP contribution is -2.42. The van der Waals surface area contributed by atoms with Crippen LogP contribution in [0.2, 0.25) is 0 Å². The van der Waals surface area contributed by atoms with E-state index in [9.17, 15) is 9.90 Å². The van der Waals surface area contributed by atoms with E-state index in [4.69, 9.17) is 4.74 Å². The van der Waals surface area contributed by atoms with Gasteiger partial charge in [-0.15, -0.1) is 0 Å². The molecule has 0 saturated carbocycles. The van der Waals surface area contributed by atoms with E-state index in [0.717, 1.165) is 25.9 Å². The van der Waals surface area contributed by atoms with E-state index in [2.05, 4.69) is 10.6 Å². The van der Waals surface area contributed by atoms with Crippen LogP contribution in [0, 0.1) is 5.41 Å². The van der Waals surface area contributed by atoms with Crippen molar-refractivity contribution in [3.8, 4) is 11.5 Å². The summed E-state index contributed by atoms with van der Waals surface area (Å²) in [6.45, 7) is 3.70. The fourth-order valence-corrected chi connectivity index (χ4v) is 2.26. The Labute approximate surface area is 113 Å². The zero-order valence-electron chi connectivity index (χ0n) is 11.3. The van der Waals surface area contributed by atoms with E-state index in [1.54, 1.807) is 12.1 Å². The summed E-state index contributed by atoms with van der Waals surface area (Å²) in [5.74, 6) is 0.417. The summed E-state index contributed by atoms with van der Waals surface area (Å²) in [6, 6.07) is 4.86. The van der Waals surface area contributed by atoms with Gasteiger partial charge < -0.3 is 20.5 Å². The smallest absolute Gasteiger partial charge is 0.230 e. The second-order valence-electron chi connectivity index (χ2n) is 5.15. The monoisotopic (exact) mass is 264 g/mol. The average molecular weight is 264 g/mol. The SMILES string of the molecule is COc1ccc(NC(=O)C2(C)CCNCC2)cc1O. The number of piperidine rings is 1. The first-order chi connectivity index (χ1) is 9.05. The second kappa shape index (κ2) is 5.48. The number of carbonyl (C=O) groups is 1. The maximum atomic E-state index is 12.3. The Bertz CT molecular complexity index is 468. The third-order valence-corrected chi connectivity index (χ3v) is 3.69. The number of benzene rings is 1. The lowest BCUT2D eigenvalue weighted by molar-refractivity contribution is -0.126. The molecule has 5 nitrogen and oxygen atoms in total. The molecule has 1 heterocycles. The van der Waals surface area contributed by atoms with Crippen molar-refractivity contribution in [2.24, 2.45) is 5.41 Å². The van der Waals surface area contributed by atoms with Crippen molar-refractivity contribution in [2.75, 3.05) is 25.5 Å². The van der Waals surface area contributed by atoms with Crippen molar-refractivity contribution in [1.29, 1.82) is 0 Å². The molecule has 1 saturated heterocycles. The number of ether oxygens (including phenoxy) is 1. The first-order valence-electron chi connectivity index (χ1n) is 6.44. The lowest BCUT2D eigenvalue weighted by atomic mass is 9.80. The number of anilines is 1. The molecule has 0 unspecified atom stereocenters. The van der Waals surface area contributed by atoms with Gasteiger partial charge in [0.25, 0.3) is 0 Å². The highest BCUT2D eigenvalue weighted by atomic mass is 16.5. The van der Waals surface area contributed by atoms with Crippen molar-refractivity contribution in [3.63, 3.8) is 0 Å². The summed E-state index contributed by atoms with van der Waals surface area (Å²) < 4.78 is 4.97. The van der Waals surface area contributed by atoms with E-state index in [-0.39, 0.29) is 17.1 Å². The summed E-state index contributed by atoms with van der Waals surface area (Å²) in [7, 11) is 1.49. The first-order valence-corrected chi connectivity index (χ1v) is 6.44. The van der Waals surface area contributed by atoms with E-state index < -0.39 is 0 Å². The third-order valence-electron chi connectivity index (χ3n) is 3.69. The van der Waals surface area contributed by atoms with Crippen molar-refractivity contribution in [1.82, 2.24) is 5.32 Å². The maximum Gasteiger partial charge on any atom is 0.230 e. The van der Waals surface area contributed by atoms with Crippen LogP contribution in [0.5, 0.6) is 11.5 Å². The zero-order valence-corrected chi connectivity index (χ0v) is 11.3. The quantitative estimate of drug-likeness (QED) is 0.777. The Balaban J connectivity index is 2.08. The average Bonchev–Trinajstić information content (AvgIpc) is 2.40. The van der Waals surface area contributed by atoms with Gasteiger partial charge in [-0.05, 0) is 38.1 Å². The van der Waals surface area contributed by atoms with Gasteiger partial charge in [0.1, 0.15) is 0 Å². The highest BCUT2D eigenvalue weighted by Gasteiger charge is 2.34. The fraction of sp³-hybridized carbons (Fsp3) is 0.500.